The Labute approximate surface area is 240 Å². The van der Waals surface area contributed by atoms with Crippen LogP contribution in [0.15, 0.2) is 77.7 Å². The smallest absolute Gasteiger partial charge is 0.264 e. The molecule has 0 saturated carbocycles. The average molecular weight is 591 g/mol. The molecule has 208 valence electrons. The molecule has 0 aliphatic carbocycles. The molecule has 1 unspecified atom stereocenters. The maximum atomic E-state index is 13.9. The lowest BCUT2D eigenvalue weighted by Crippen LogP contribution is -2.51. The summed E-state index contributed by atoms with van der Waals surface area (Å²) in [4.78, 5) is 28.4. The lowest BCUT2D eigenvalue weighted by molar-refractivity contribution is -0.139. The van der Waals surface area contributed by atoms with Crippen molar-refractivity contribution in [1.29, 1.82) is 0 Å². The third-order valence-electron chi connectivity index (χ3n) is 6.33. The molecule has 1 N–H and O–H groups in total. The van der Waals surface area contributed by atoms with Crippen molar-refractivity contribution < 1.29 is 18.0 Å². The molecule has 0 aliphatic rings. The number of hydrogen-bond donors (Lipinski definition) is 1. The molecule has 0 saturated heterocycles. The molecular weight excluding hydrogens is 557 g/mol. The van der Waals surface area contributed by atoms with Gasteiger partial charge in [0.2, 0.25) is 11.8 Å². The van der Waals surface area contributed by atoms with Gasteiger partial charge in [-0.3, -0.25) is 13.9 Å². The van der Waals surface area contributed by atoms with Crippen LogP contribution >= 0.6 is 23.2 Å². The molecule has 3 aromatic rings. The number of benzene rings is 3. The first-order valence-corrected chi connectivity index (χ1v) is 14.9. The quantitative estimate of drug-likeness (QED) is 0.269. The molecule has 0 spiro atoms. The Bertz CT molecular complexity index is 1400. The molecule has 2 amide bonds. The molecule has 10 heteroatoms. The van der Waals surface area contributed by atoms with Crippen molar-refractivity contribution >= 4 is 50.7 Å². The van der Waals surface area contributed by atoms with Crippen molar-refractivity contribution in [3.05, 3.63) is 94.0 Å². The Hall–Kier alpha value is -3.07. The van der Waals surface area contributed by atoms with Crippen LogP contribution in [0.25, 0.3) is 0 Å². The van der Waals surface area contributed by atoms with Gasteiger partial charge in [0.05, 0.1) is 20.6 Å². The van der Waals surface area contributed by atoms with E-state index in [-0.39, 0.29) is 17.3 Å². The van der Waals surface area contributed by atoms with E-state index in [1.165, 1.54) is 17.0 Å². The van der Waals surface area contributed by atoms with E-state index in [1.54, 1.807) is 74.5 Å². The molecular formula is C29H33Cl2N3O4S. The second-order valence-corrected chi connectivity index (χ2v) is 11.9. The van der Waals surface area contributed by atoms with Gasteiger partial charge in [-0.05, 0) is 61.7 Å². The second-order valence-electron chi connectivity index (χ2n) is 9.20. The number of nitrogens with zero attached hydrogens (tertiary/aromatic N) is 2. The van der Waals surface area contributed by atoms with Gasteiger partial charge in [0.1, 0.15) is 12.6 Å². The lowest BCUT2D eigenvalue weighted by atomic mass is 10.1. The van der Waals surface area contributed by atoms with Crippen LogP contribution < -0.4 is 9.62 Å². The predicted octanol–water partition coefficient (Wildman–Crippen LogP) is 5.83. The summed E-state index contributed by atoms with van der Waals surface area (Å²) in [7, 11) is -4.11. The zero-order valence-corrected chi connectivity index (χ0v) is 24.6. The van der Waals surface area contributed by atoms with Gasteiger partial charge in [0.15, 0.2) is 0 Å². The number of carbonyl (C=O) groups is 2. The molecule has 3 rings (SSSR count). The topological polar surface area (TPSA) is 86.8 Å². The molecule has 3 aromatic carbocycles. The van der Waals surface area contributed by atoms with Gasteiger partial charge in [0, 0.05) is 13.1 Å². The van der Waals surface area contributed by atoms with Crippen LogP contribution in [0.4, 0.5) is 5.69 Å². The number of halogens is 2. The summed E-state index contributed by atoms with van der Waals surface area (Å²) in [6.45, 7) is 5.43. The first-order valence-electron chi connectivity index (χ1n) is 12.7. The van der Waals surface area contributed by atoms with E-state index in [9.17, 15) is 18.0 Å². The van der Waals surface area contributed by atoms with Crippen LogP contribution in [0, 0.1) is 6.92 Å². The highest BCUT2D eigenvalue weighted by Crippen LogP contribution is 2.28. The Kier molecular flexibility index (Phi) is 10.8. The van der Waals surface area contributed by atoms with Crippen LogP contribution in [0.5, 0.6) is 0 Å². The van der Waals surface area contributed by atoms with Gasteiger partial charge in [0.25, 0.3) is 10.0 Å². The van der Waals surface area contributed by atoms with Crippen molar-refractivity contribution in [1.82, 2.24) is 10.2 Å². The number of hydrogen-bond acceptors (Lipinski definition) is 4. The van der Waals surface area contributed by atoms with E-state index < -0.39 is 28.5 Å². The zero-order valence-electron chi connectivity index (χ0n) is 22.2. The van der Waals surface area contributed by atoms with Crippen molar-refractivity contribution in [2.75, 3.05) is 17.4 Å². The minimum absolute atomic E-state index is 0.0328. The van der Waals surface area contributed by atoms with E-state index >= 15 is 0 Å². The second kappa shape index (κ2) is 13.8. The average Bonchev–Trinajstić information content (AvgIpc) is 2.92. The highest BCUT2D eigenvalue weighted by Gasteiger charge is 2.33. The Morgan fingerprint density at radius 1 is 0.949 bits per heavy atom. The van der Waals surface area contributed by atoms with E-state index in [4.69, 9.17) is 23.2 Å². The number of rotatable bonds is 12. The van der Waals surface area contributed by atoms with Gasteiger partial charge in [-0.15, -0.1) is 0 Å². The third-order valence-corrected chi connectivity index (χ3v) is 8.84. The fourth-order valence-electron chi connectivity index (χ4n) is 4.03. The first kappa shape index (κ1) is 30.5. The number of unbranched alkanes of at least 4 members (excludes halogenated alkanes) is 1. The summed E-state index contributed by atoms with van der Waals surface area (Å²) in [5.41, 5.74) is 1.72. The predicted molar refractivity (Wildman–Crippen MR) is 157 cm³/mol. The number of carbonyl (C=O) groups excluding carboxylic acids is 2. The molecule has 0 aliphatic heterocycles. The monoisotopic (exact) mass is 589 g/mol. The molecule has 7 nitrogen and oxygen atoms in total. The van der Waals surface area contributed by atoms with E-state index in [2.05, 4.69) is 5.32 Å². The van der Waals surface area contributed by atoms with Crippen molar-refractivity contribution in [2.24, 2.45) is 0 Å². The summed E-state index contributed by atoms with van der Waals surface area (Å²) >= 11 is 12.3. The van der Waals surface area contributed by atoms with Crippen LogP contribution in [0.1, 0.15) is 37.8 Å². The maximum Gasteiger partial charge on any atom is 0.264 e. The molecule has 0 fully saturated rings. The van der Waals surface area contributed by atoms with Crippen LogP contribution in [0.2, 0.25) is 10.0 Å². The minimum Gasteiger partial charge on any atom is -0.354 e. The number of aryl methyl sites for hydroxylation is 1. The highest BCUT2D eigenvalue weighted by molar-refractivity contribution is 7.92. The fourth-order valence-corrected chi connectivity index (χ4v) is 5.85. The number of sulfonamides is 1. The normalized spacial score (nSPS) is 12.0. The molecule has 0 bridgehead atoms. The van der Waals surface area contributed by atoms with Gasteiger partial charge < -0.3 is 10.2 Å². The van der Waals surface area contributed by atoms with Crippen LogP contribution in [0.3, 0.4) is 0 Å². The largest absolute Gasteiger partial charge is 0.354 e. The van der Waals surface area contributed by atoms with Crippen LogP contribution in [-0.2, 0) is 26.2 Å². The van der Waals surface area contributed by atoms with E-state index in [0.29, 0.717) is 33.4 Å². The minimum atomic E-state index is -4.11. The summed E-state index contributed by atoms with van der Waals surface area (Å²) in [5.74, 6) is -0.868. The lowest BCUT2D eigenvalue weighted by Gasteiger charge is -2.32. The standard InChI is InChI=1S/C29H33Cl2N3O4S/c1-4-5-17-32-29(36)22(3)33(19-23-15-16-25(30)26(31)18-23)28(35)20-34(27-14-10-9-11-21(27)2)39(37,38)24-12-7-6-8-13-24/h6-16,18,22H,4-5,17,19-20H2,1-3H3,(H,32,36). The first-order chi connectivity index (χ1) is 18.6. The Morgan fingerprint density at radius 2 is 1.62 bits per heavy atom. The van der Waals surface area contributed by atoms with Gasteiger partial charge in [-0.25, -0.2) is 8.42 Å². The number of anilines is 1. The number of amides is 2. The van der Waals surface area contributed by atoms with Crippen molar-refractivity contribution in [2.45, 2.75) is 51.1 Å². The molecule has 0 radical (unpaired) electrons. The van der Waals surface area contributed by atoms with Crippen molar-refractivity contribution in [3.8, 4) is 0 Å². The van der Waals surface area contributed by atoms with E-state index in [0.717, 1.165) is 17.1 Å². The van der Waals surface area contributed by atoms with Gasteiger partial charge >= 0.3 is 0 Å². The number of para-hydroxylation sites is 1. The summed E-state index contributed by atoms with van der Waals surface area (Å²) in [5, 5.41) is 3.54. The maximum absolute atomic E-state index is 13.9. The van der Waals surface area contributed by atoms with Crippen molar-refractivity contribution in [3.63, 3.8) is 0 Å². The molecule has 0 aromatic heterocycles. The zero-order chi connectivity index (χ0) is 28.6. The third kappa shape index (κ3) is 7.75. The summed E-state index contributed by atoms with van der Waals surface area (Å²) < 4.78 is 28.7. The Balaban J connectivity index is 2.01. The highest BCUT2D eigenvalue weighted by atomic mass is 35.5. The van der Waals surface area contributed by atoms with E-state index in [1.807, 2.05) is 6.92 Å². The summed E-state index contributed by atoms with van der Waals surface area (Å²) in [6, 6.07) is 19.0. The van der Waals surface area contributed by atoms with Crippen LogP contribution in [-0.4, -0.2) is 44.3 Å². The Morgan fingerprint density at radius 3 is 2.26 bits per heavy atom. The molecule has 1 atom stereocenters. The van der Waals surface area contributed by atoms with Gasteiger partial charge in [-0.2, -0.15) is 0 Å². The SMILES string of the molecule is CCCCNC(=O)C(C)N(Cc1ccc(Cl)c(Cl)c1)C(=O)CN(c1ccccc1C)S(=O)(=O)c1ccccc1. The van der Waals surface area contributed by atoms with Gasteiger partial charge in [-0.1, -0.05) is 79.0 Å². The molecule has 39 heavy (non-hydrogen) atoms. The molecule has 0 heterocycles. The number of nitrogens with one attached hydrogen (secondary N) is 1. The fraction of sp³-hybridized carbons (Fsp3) is 0.310. The summed E-state index contributed by atoms with van der Waals surface area (Å²) in [6.07, 6.45) is 1.71.